The number of nitrogens with zero attached hydrogens (tertiary/aromatic N) is 1. The number of hydrogen-bond donors (Lipinski definition) is 1. The van der Waals surface area contributed by atoms with Gasteiger partial charge in [0.1, 0.15) is 0 Å². The second kappa shape index (κ2) is 6.49. The Kier molecular flexibility index (Phi) is 5.01. The maximum Gasteiger partial charge on any atom is 0.330 e. The number of amides is 1. The zero-order valence-electron chi connectivity index (χ0n) is 13.8. The van der Waals surface area contributed by atoms with Crippen LogP contribution in [0, 0.1) is 5.41 Å². The van der Waals surface area contributed by atoms with Gasteiger partial charge in [0.25, 0.3) is 0 Å². The molecule has 0 unspecified atom stereocenters. The molecule has 1 fully saturated rings. The highest BCUT2D eigenvalue weighted by atomic mass is 35.5. The van der Waals surface area contributed by atoms with Crippen LogP contribution >= 0.6 is 11.6 Å². The molecule has 23 heavy (non-hydrogen) atoms. The number of hydrogen-bond acceptors (Lipinski definition) is 4. The van der Waals surface area contributed by atoms with Crippen molar-refractivity contribution in [2.75, 3.05) is 13.1 Å². The maximum absolute atomic E-state index is 12.1. The second-order valence-electron chi connectivity index (χ2n) is 7.01. The molecule has 0 spiro atoms. The van der Waals surface area contributed by atoms with Gasteiger partial charge >= 0.3 is 5.97 Å². The predicted octanol–water partition coefficient (Wildman–Crippen LogP) is 2.66. The van der Waals surface area contributed by atoms with Crippen molar-refractivity contribution in [3.63, 3.8) is 0 Å². The molecule has 1 aromatic carbocycles. The van der Waals surface area contributed by atoms with Gasteiger partial charge in [0, 0.05) is 18.1 Å². The van der Waals surface area contributed by atoms with Crippen LogP contribution in [-0.4, -0.2) is 30.0 Å². The standard InChI is InChI=1S/C17H23ClN2O3/c1-16(2,3)15(22)23-20-10-8-17(9-11-20,14(19)21)12-4-6-13(18)7-5-12/h4-7H,8-11H2,1-3H3,(H2,19,21). The molecule has 0 aliphatic carbocycles. The molecule has 126 valence electrons. The summed E-state index contributed by atoms with van der Waals surface area (Å²) >= 11 is 5.92. The summed E-state index contributed by atoms with van der Waals surface area (Å²) in [6.07, 6.45) is 1.00. The van der Waals surface area contributed by atoms with Crippen LogP contribution in [0.15, 0.2) is 24.3 Å². The van der Waals surface area contributed by atoms with Gasteiger partial charge < -0.3 is 10.6 Å². The minimum absolute atomic E-state index is 0.282. The van der Waals surface area contributed by atoms with Crippen molar-refractivity contribution in [2.24, 2.45) is 11.1 Å². The summed E-state index contributed by atoms with van der Waals surface area (Å²) in [5.74, 6) is -0.641. The quantitative estimate of drug-likeness (QED) is 0.919. The third kappa shape index (κ3) is 3.85. The molecule has 0 aromatic heterocycles. The monoisotopic (exact) mass is 338 g/mol. The average Bonchev–Trinajstić information content (AvgIpc) is 2.48. The molecule has 1 aliphatic rings. The van der Waals surface area contributed by atoms with Crippen LogP contribution in [0.25, 0.3) is 0 Å². The molecule has 1 amide bonds. The lowest BCUT2D eigenvalue weighted by molar-refractivity contribution is -0.206. The highest BCUT2D eigenvalue weighted by Crippen LogP contribution is 2.36. The first-order valence-corrected chi connectivity index (χ1v) is 8.06. The molecule has 1 aromatic rings. The molecule has 6 heteroatoms. The smallest absolute Gasteiger partial charge is 0.330 e. The van der Waals surface area contributed by atoms with E-state index in [1.807, 2.05) is 12.1 Å². The summed E-state index contributed by atoms with van der Waals surface area (Å²) in [5.41, 5.74) is 5.25. The Bertz CT molecular complexity index is 585. The van der Waals surface area contributed by atoms with E-state index in [0.717, 1.165) is 5.56 Å². The number of halogens is 1. The Morgan fingerprint density at radius 3 is 2.13 bits per heavy atom. The molecule has 0 bridgehead atoms. The first-order valence-electron chi connectivity index (χ1n) is 7.68. The fourth-order valence-electron chi connectivity index (χ4n) is 2.66. The normalized spacial score (nSPS) is 18.4. The third-order valence-corrected chi connectivity index (χ3v) is 4.52. The van der Waals surface area contributed by atoms with E-state index < -0.39 is 10.8 Å². The lowest BCUT2D eigenvalue weighted by Gasteiger charge is -2.39. The maximum atomic E-state index is 12.1. The van der Waals surface area contributed by atoms with Gasteiger partial charge in [-0.2, -0.15) is 0 Å². The van der Waals surface area contributed by atoms with E-state index in [1.54, 1.807) is 38.0 Å². The van der Waals surface area contributed by atoms with E-state index in [1.165, 1.54) is 0 Å². The Hall–Kier alpha value is -1.59. The van der Waals surface area contributed by atoms with Crippen LogP contribution in [0.1, 0.15) is 39.2 Å². The van der Waals surface area contributed by atoms with E-state index in [9.17, 15) is 9.59 Å². The largest absolute Gasteiger partial charge is 0.369 e. The lowest BCUT2D eigenvalue weighted by Crippen LogP contribution is -2.50. The second-order valence-corrected chi connectivity index (χ2v) is 7.45. The Labute approximate surface area is 141 Å². The number of nitrogens with two attached hydrogens (primary N) is 1. The summed E-state index contributed by atoms with van der Waals surface area (Å²) in [6, 6.07) is 7.19. The van der Waals surface area contributed by atoms with Crippen molar-refractivity contribution < 1.29 is 14.4 Å². The molecule has 2 N–H and O–H groups in total. The van der Waals surface area contributed by atoms with Crippen LogP contribution in [0.2, 0.25) is 5.02 Å². The summed E-state index contributed by atoms with van der Waals surface area (Å²) in [4.78, 5) is 29.5. The molecule has 2 rings (SSSR count). The van der Waals surface area contributed by atoms with Gasteiger partial charge in [-0.05, 0) is 51.3 Å². The van der Waals surface area contributed by atoms with Gasteiger partial charge in [-0.3, -0.25) is 4.79 Å². The molecule has 0 radical (unpaired) electrons. The third-order valence-electron chi connectivity index (χ3n) is 4.27. The van der Waals surface area contributed by atoms with Crippen LogP contribution in [0.4, 0.5) is 0 Å². The minimum atomic E-state index is -0.741. The SMILES string of the molecule is CC(C)(C)C(=O)ON1CCC(C(N)=O)(c2ccc(Cl)cc2)CC1. The first-order chi connectivity index (χ1) is 10.6. The van der Waals surface area contributed by atoms with Gasteiger partial charge in [-0.1, -0.05) is 23.7 Å². The molecule has 0 atom stereocenters. The number of rotatable bonds is 3. The van der Waals surface area contributed by atoms with E-state index in [0.29, 0.717) is 31.0 Å². The topological polar surface area (TPSA) is 72.6 Å². The Morgan fingerprint density at radius 2 is 1.70 bits per heavy atom. The number of piperidine rings is 1. The number of carbonyl (C=O) groups excluding carboxylic acids is 2. The van der Waals surface area contributed by atoms with Gasteiger partial charge in [-0.15, -0.1) is 5.06 Å². The zero-order chi connectivity index (χ0) is 17.3. The molecule has 1 aliphatic heterocycles. The van der Waals surface area contributed by atoms with Crippen molar-refractivity contribution >= 4 is 23.5 Å². The number of hydroxylamine groups is 2. The van der Waals surface area contributed by atoms with Crippen molar-refractivity contribution in [3.8, 4) is 0 Å². The van der Waals surface area contributed by atoms with Crippen molar-refractivity contribution in [1.29, 1.82) is 0 Å². The van der Waals surface area contributed by atoms with E-state index >= 15 is 0 Å². The summed E-state index contributed by atoms with van der Waals surface area (Å²) < 4.78 is 0. The summed E-state index contributed by atoms with van der Waals surface area (Å²) in [6.45, 7) is 6.35. The van der Waals surface area contributed by atoms with Gasteiger partial charge in [0.2, 0.25) is 5.91 Å². The van der Waals surface area contributed by atoms with E-state index in [-0.39, 0.29) is 11.9 Å². The fraction of sp³-hybridized carbons (Fsp3) is 0.529. The van der Waals surface area contributed by atoms with E-state index in [2.05, 4.69) is 0 Å². The fourth-order valence-corrected chi connectivity index (χ4v) is 2.79. The first kappa shape index (κ1) is 17.8. The molecular weight excluding hydrogens is 316 g/mol. The number of primary amides is 1. The number of carbonyl (C=O) groups is 2. The van der Waals surface area contributed by atoms with Crippen LogP contribution in [-0.2, 0) is 19.8 Å². The van der Waals surface area contributed by atoms with Crippen LogP contribution < -0.4 is 5.73 Å². The van der Waals surface area contributed by atoms with Gasteiger partial charge in [0.05, 0.1) is 10.8 Å². The van der Waals surface area contributed by atoms with Gasteiger partial charge in [-0.25, -0.2) is 4.79 Å². The molecular formula is C17H23ClN2O3. The molecule has 1 saturated heterocycles. The zero-order valence-corrected chi connectivity index (χ0v) is 14.5. The van der Waals surface area contributed by atoms with Crippen molar-refractivity contribution in [1.82, 2.24) is 5.06 Å². The highest BCUT2D eigenvalue weighted by Gasteiger charge is 2.42. The van der Waals surface area contributed by atoms with Crippen molar-refractivity contribution in [3.05, 3.63) is 34.9 Å². The van der Waals surface area contributed by atoms with Crippen molar-refractivity contribution in [2.45, 2.75) is 39.0 Å². The highest BCUT2D eigenvalue weighted by molar-refractivity contribution is 6.30. The molecule has 1 heterocycles. The lowest BCUT2D eigenvalue weighted by atomic mass is 9.72. The predicted molar refractivity (Wildman–Crippen MR) is 88.7 cm³/mol. The number of benzene rings is 1. The molecule has 0 saturated carbocycles. The molecule has 5 nitrogen and oxygen atoms in total. The van der Waals surface area contributed by atoms with Gasteiger partial charge in [0.15, 0.2) is 0 Å². The summed E-state index contributed by atoms with van der Waals surface area (Å²) in [5, 5.41) is 2.23. The Balaban J connectivity index is 2.11. The summed E-state index contributed by atoms with van der Waals surface area (Å²) in [7, 11) is 0. The van der Waals surface area contributed by atoms with Crippen LogP contribution in [0.5, 0.6) is 0 Å². The average molecular weight is 339 g/mol. The van der Waals surface area contributed by atoms with Crippen LogP contribution in [0.3, 0.4) is 0 Å². The Morgan fingerprint density at radius 1 is 1.17 bits per heavy atom. The minimum Gasteiger partial charge on any atom is -0.369 e. The van der Waals surface area contributed by atoms with E-state index in [4.69, 9.17) is 22.2 Å².